The maximum Gasteiger partial charge on any atom is 0.234 e. The molecular formula is C35H62N8O6S. The Labute approximate surface area is 298 Å². The van der Waals surface area contributed by atoms with Crippen LogP contribution in [0.1, 0.15) is 154 Å². The molecule has 1 aliphatic heterocycles. The number of hydrazine groups is 2. The molecule has 14 nitrogen and oxygen atoms in total. The van der Waals surface area contributed by atoms with Crippen LogP contribution >= 0.6 is 0 Å². The number of H-pyrrole nitrogens is 1. The largest absolute Gasteiger partial charge is 0.356 e. The number of sulfonamides is 1. The molecule has 0 unspecified atom stereocenters. The van der Waals surface area contributed by atoms with E-state index in [-0.39, 0.29) is 54.8 Å². The van der Waals surface area contributed by atoms with Crippen LogP contribution in [0.2, 0.25) is 0 Å². The molecule has 0 aliphatic carbocycles. The number of hydrogen-bond acceptors (Lipinski definition) is 11. The van der Waals surface area contributed by atoms with Crippen LogP contribution in [0.5, 0.6) is 0 Å². The number of Topliss-reactive ketones (excluding diaryl/α,β-unsaturated/α-hetero) is 2. The maximum atomic E-state index is 12.3. The minimum absolute atomic E-state index is 0.0111. The number of amidine groups is 1. The van der Waals surface area contributed by atoms with E-state index in [1.807, 2.05) is 0 Å². The predicted molar refractivity (Wildman–Crippen MR) is 195 cm³/mol. The smallest absolute Gasteiger partial charge is 0.234 e. The third-order valence-corrected chi connectivity index (χ3v) is 10.3. The van der Waals surface area contributed by atoms with E-state index in [4.69, 9.17) is 0 Å². The SMILES string of the molecule is CC(=O)[C@@H](CCCCNC(=O)CCCS(=O)(=O)NC(=O)CCCCCCCCCCCCCCCC1=NNNN1)CC(=O)CCc1cnc[nH]1. The van der Waals surface area contributed by atoms with Crippen molar-refractivity contribution in [2.45, 2.75) is 155 Å². The zero-order chi connectivity index (χ0) is 36.3. The minimum Gasteiger partial charge on any atom is -0.356 e. The van der Waals surface area contributed by atoms with Gasteiger partial charge in [0.25, 0.3) is 0 Å². The van der Waals surface area contributed by atoms with Gasteiger partial charge in [-0.2, -0.15) is 0 Å². The lowest BCUT2D eigenvalue weighted by Gasteiger charge is -2.13. The van der Waals surface area contributed by atoms with Crippen molar-refractivity contribution >= 4 is 39.2 Å². The van der Waals surface area contributed by atoms with E-state index in [1.54, 1.807) is 12.5 Å². The first-order valence-electron chi connectivity index (χ1n) is 18.8. The summed E-state index contributed by atoms with van der Waals surface area (Å²) in [6.45, 7) is 1.91. The Hall–Kier alpha value is -3.33. The number of nitrogens with one attached hydrogen (secondary N) is 6. The summed E-state index contributed by atoms with van der Waals surface area (Å²) < 4.78 is 26.7. The molecule has 0 fully saturated rings. The van der Waals surface area contributed by atoms with Crippen molar-refractivity contribution in [3.63, 3.8) is 0 Å². The van der Waals surface area contributed by atoms with Gasteiger partial charge in [0.15, 0.2) is 0 Å². The number of amides is 2. The zero-order valence-corrected chi connectivity index (χ0v) is 31.0. The second-order valence-electron chi connectivity index (χ2n) is 13.4. The van der Waals surface area contributed by atoms with Gasteiger partial charge < -0.3 is 10.3 Å². The fourth-order valence-corrected chi connectivity index (χ4v) is 6.99. The molecule has 284 valence electrons. The fourth-order valence-electron chi connectivity index (χ4n) is 5.92. The lowest BCUT2D eigenvalue weighted by molar-refractivity contribution is -0.127. The van der Waals surface area contributed by atoms with Crippen LogP contribution in [-0.4, -0.2) is 59.9 Å². The molecule has 2 amide bonds. The number of rotatable bonds is 32. The van der Waals surface area contributed by atoms with Gasteiger partial charge in [0.1, 0.15) is 17.4 Å². The Bertz CT molecular complexity index is 1260. The zero-order valence-electron chi connectivity index (χ0n) is 30.2. The molecule has 1 aromatic heterocycles. The maximum absolute atomic E-state index is 12.3. The summed E-state index contributed by atoms with van der Waals surface area (Å²) in [5.74, 6) is -0.353. The lowest BCUT2D eigenvalue weighted by Crippen LogP contribution is -2.34. The highest BCUT2D eigenvalue weighted by molar-refractivity contribution is 7.90. The third-order valence-electron chi connectivity index (χ3n) is 8.94. The van der Waals surface area contributed by atoms with Gasteiger partial charge in [-0.05, 0) is 45.4 Å². The van der Waals surface area contributed by atoms with Gasteiger partial charge in [-0.15, -0.1) is 10.6 Å². The molecule has 6 N–H and O–H groups in total. The van der Waals surface area contributed by atoms with Gasteiger partial charge in [0, 0.05) is 56.5 Å². The summed E-state index contributed by atoms with van der Waals surface area (Å²) in [6.07, 6.45) is 22.6. The van der Waals surface area contributed by atoms with Crippen LogP contribution < -0.4 is 26.5 Å². The van der Waals surface area contributed by atoms with E-state index in [9.17, 15) is 27.6 Å². The second kappa shape index (κ2) is 26.5. The lowest BCUT2D eigenvalue weighted by atomic mass is 9.91. The first-order valence-corrected chi connectivity index (χ1v) is 20.4. The quantitative estimate of drug-likeness (QED) is 0.0561. The Morgan fingerprint density at radius 3 is 2.00 bits per heavy atom. The summed E-state index contributed by atoms with van der Waals surface area (Å²) in [5.41, 5.74) is 9.28. The Morgan fingerprint density at radius 1 is 0.760 bits per heavy atom. The number of carbonyl (C=O) groups is 4. The molecule has 2 rings (SSSR count). The number of ketones is 2. The van der Waals surface area contributed by atoms with Crippen molar-refractivity contribution in [3.05, 3.63) is 18.2 Å². The van der Waals surface area contributed by atoms with Crippen LogP contribution in [0.25, 0.3) is 0 Å². The van der Waals surface area contributed by atoms with E-state index in [0.717, 1.165) is 43.6 Å². The van der Waals surface area contributed by atoms with Crippen LogP contribution in [0, 0.1) is 5.92 Å². The van der Waals surface area contributed by atoms with Crippen LogP contribution in [0.4, 0.5) is 0 Å². The molecule has 15 heteroatoms. The average Bonchev–Trinajstić information content (AvgIpc) is 3.79. The molecule has 0 saturated heterocycles. The highest BCUT2D eigenvalue weighted by Crippen LogP contribution is 2.17. The van der Waals surface area contributed by atoms with Gasteiger partial charge in [-0.1, -0.05) is 77.0 Å². The number of hydrazone groups is 1. The first-order chi connectivity index (χ1) is 24.1. The molecule has 1 aliphatic rings. The Balaban J connectivity index is 1.37. The number of aromatic amines is 1. The summed E-state index contributed by atoms with van der Waals surface area (Å²) in [5, 5.41) is 6.85. The van der Waals surface area contributed by atoms with E-state index in [1.165, 1.54) is 58.3 Å². The van der Waals surface area contributed by atoms with E-state index in [0.29, 0.717) is 45.1 Å². The topological polar surface area (TPSA) is 204 Å². The molecule has 0 saturated carbocycles. The van der Waals surface area contributed by atoms with Crippen molar-refractivity contribution < 1.29 is 27.6 Å². The number of imidazole rings is 1. The van der Waals surface area contributed by atoms with Crippen molar-refractivity contribution in [2.24, 2.45) is 11.0 Å². The monoisotopic (exact) mass is 722 g/mol. The Kier molecular flexibility index (Phi) is 22.7. The summed E-state index contributed by atoms with van der Waals surface area (Å²) in [4.78, 5) is 55.5. The van der Waals surface area contributed by atoms with Crippen molar-refractivity contribution in [1.29, 1.82) is 0 Å². The van der Waals surface area contributed by atoms with Gasteiger partial charge >= 0.3 is 0 Å². The van der Waals surface area contributed by atoms with Crippen LogP contribution in [0.3, 0.4) is 0 Å². The number of unbranched alkanes of at least 4 members (excludes halogenated alkanes) is 13. The van der Waals surface area contributed by atoms with Crippen LogP contribution in [-0.2, 0) is 35.6 Å². The normalized spacial score (nSPS) is 13.3. The van der Waals surface area contributed by atoms with Gasteiger partial charge in [-0.25, -0.2) is 18.9 Å². The highest BCUT2D eigenvalue weighted by atomic mass is 32.2. The average molecular weight is 723 g/mol. The van der Waals surface area contributed by atoms with Crippen molar-refractivity contribution in [2.75, 3.05) is 12.3 Å². The van der Waals surface area contributed by atoms with Crippen molar-refractivity contribution in [3.8, 4) is 0 Å². The molecule has 0 spiro atoms. The summed E-state index contributed by atoms with van der Waals surface area (Å²) in [6, 6.07) is 0. The molecule has 0 aromatic carbocycles. The number of aromatic nitrogens is 2. The molecule has 50 heavy (non-hydrogen) atoms. The van der Waals surface area contributed by atoms with Crippen molar-refractivity contribution in [1.82, 2.24) is 36.5 Å². The highest BCUT2D eigenvalue weighted by Gasteiger charge is 2.19. The molecule has 1 atom stereocenters. The molecule has 1 aromatic rings. The number of nitrogens with zero attached hydrogens (tertiary/aromatic N) is 2. The standard InChI is InChI=1S/C35H62N8O6S/c1-29(44)30(26-32(45)23-22-31-27-36-28-38-31)18-15-16-24-37-34(46)21-17-25-50(48,49)41-35(47)20-14-12-10-8-6-4-2-3-5-7-9-11-13-19-33-39-42-43-40-33/h27-28,30,42-43H,2-26H2,1H3,(H,36,38)(H,37,46)(H,39,40)(H,41,47)/t30-/m0/s1. The van der Waals surface area contributed by atoms with E-state index in [2.05, 4.69) is 41.6 Å². The summed E-state index contributed by atoms with van der Waals surface area (Å²) >= 11 is 0. The second-order valence-corrected chi connectivity index (χ2v) is 15.3. The molecule has 0 bridgehead atoms. The van der Waals surface area contributed by atoms with E-state index < -0.39 is 15.9 Å². The number of carbonyl (C=O) groups excluding carboxylic acids is 4. The number of hydrogen-bond donors (Lipinski definition) is 6. The first kappa shape index (κ1) is 42.8. The molecule has 2 heterocycles. The fraction of sp³-hybridized carbons (Fsp3) is 0.771. The third kappa shape index (κ3) is 22.4. The van der Waals surface area contributed by atoms with Crippen LogP contribution in [0.15, 0.2) is 17.6 Å². The predicted octanol–water partition coefficient (Wildman–Crippen LogP) is 4.80. The number of aryl methyl sites for hydroxylation is 1. The molecular weight excluding hydrogens is 661 g/mol. The van der Waals surface area contributed by atoms with Gasteiger partial charge in [-0.3, -0.25) is 29.3 Å². The van der Waals surface area contributed by atoms with E-state index >= 15 is 0 Å². The van der Waals surface area contributed by atoms with Gasteiger partial charge in [0.2, 0.25) is 21.8 Å². The van der Waals surface area contributed by atoms with Gasteiger partial charge in [0.05, 0.1) is 12.1 Å². The molecule has 0 radical (unpaired) electrons. The summed E-state index contributed by atoms with van der Waals surface area (Å²) in [7, 11) is -3.78. The Morgan fingerprint density at radius 2 is 1.40 bits per heavy atom. The minimum atomic E-state index is -3.78.